The molecule has 148 valence electrons. The van der Waals surface area contributed by atoms with E-state index in [1.165, 1.54) is 24.0 Å². The van der Waals surface area contributed by atoms with Gasteiger partial charge in [0.05, 0.1) is 6.54 Å². The van der Waals surface area contributed by atoms with Gasteiger partial charge >= 0.3 is 6.09 Å². The number of hydrogen-bond acceptors (Lipinski definition) is 5. The number of Topliss-reactive ketones (excluding diaryl/α,β-unsaturated/α-hetero) is 1. The minimum absolute atomic E-state index is 0.210. The zero-order valence-corrected chi connectivity index (χ0v) is 16.4. The van der Waals surface area contributed by atoms with Crippen LogP contribution in [0, 0.1) is 5.82 Å². The molecule has 1 aliphatic heterocycles. The van der Waals surface area contributed by atoms with Crippen molar-refractivity contribution in [1.29, 1.82) is 0 Å². The van der Waals surface area contributed by atoms with Crippen LogP contribution in [0.3, 0.4) is 0 Å². The third-order valence-electron chi connectivity index (χ3n) is 4.15. The number of carbonyl (C=O) groups excluding carboxylic acids is 2. The highest BCUT2D eigenvalue weighted by Crippen LogP contribution is 2.34. The van der Waals surface area contributed by atoms with E-state index in [0.717, 1.165) is 5.56 Å². The van der Waals surface area contributed by atoms with Gasteiger partial charge in [0.2, 0.25) is 5.88 Å². The Labute approximate surface area is 163 Å². The van der Waals surface area contributed by atoms with E-state index in [0.29, 0.717) is 24.2 Å². The Kier molecular flexibility index (Phi) is 5.36. The van der Waals surface area contributed by atoms with E-state index >= 15 is 0 Å². The van der Waals surface area contributed by atoms with Crippen LogP contribution in [0.5, 0.6) is 5.88 Å². The summed E-state index contributed by atoms with van der Waals surface area (Å²) in [6.07, 6.45) is -0.125. The average Bonchev–Trinajstić information content (AvgIpc) is 2.61. The van der Waals surface area contributed by atoms with Gasteiger partial charge in [-0.2, -0.15) is 0 Å². The molecular formula is C21H23FN2O4. The van der Waals surface area contributed by atoms with Crippen LogP contribution in [0.25, 0.3) is 0 Å². The summed E-state index contributed by atoms with van der Waals surface area (Å²) in [5.41, 5.74) is 1.55. The summed E-state index contributed by atoms with van der Waals surface area (Å²) in [7, 11) is 0. The fourth-order valence-electron chi connectivity index (χ4n) is 2.95. The number of fused-ring (bicyclic) bond motifs is 1. The second-order valence-corrected chi connectivity index (χ2v) is 7.66. The van der Waals surface area contributed by atoms with E-state index in [2.05, 4.69) is 4.98 Å². The zero-order chi connectivity index (χ0) is 20.5. The molecule has 1 aliphatic rings. The highest BCUT2D eigenvalue weighted by atomic mass is 19.1. The molecule has 6 nitrogen and oxygen atoms in total. The minimum atomic E-state index is -0.640. The van der Waals surface area contributed by atoms with E-state index in [1.807, 2.05) is 0 Å². The lowest BCUT2D eigenvalue weighted by molar-refractivity contribution is 0.0566. The third kappa shape index (κ3) is 4.47. The Balaban J connectivity index is 2.00. The molecule has 1 aromatic carbocycles. The van der Waals surface area contributed by atoms with Crippen LogP contribution in [0.15, 0.2) is 30.3 Å². The molecule has 0 bridgehead atoms. The number of pyridine rings is 1. The number of amides is 1. The van der Waals surface area contributed by atoms with Gasteiger partial charge in [-0.1, -0.05) is 12.1 Å². The fourth-order valence-corrected chi connectivity index (χ4v) is 2.95. The van der Waals surface area contributed by atoms with Crippen LogP contribution in [0.1, 0.15) is 49.3 Å². The molecule has 1 aromatic heterocycles. The van der Waals surface area contributed by atoms with Crippen molar-refractivity contribution in [2.75, 3.05) is 18.1 Å². The molecule has 0 radical (unpaired) electrons. The Morgan fingerprint density at radius 2 is 1.93 bits per heavy atom. The van der Waals surface area contributed by atoms with Crippen LogP contribution in [0.4, 0.5) is 14.9 Å². The van der Waals surface area contributed by atoms with Gasteiger partial charge in [-0.3, -0.25) is 9.69 Å². The van der Waals surface area contributed by atoms with Crippen LogP contribution in [-0.4, -0.2) is 35.6 Å². The summed E-state index contributed by atoms with van der Waals surface area (Å²) in [4.78, 5) is 30.6. The molecular weight excluding hydrogens is 363 g/mol. The van der Waals surface area contributed by atoms with Crippen LogP contribution in [-0.2, 0) is 11.2 Å². The number of nitrogens with zero attached hydrogens (tertiary/aromatic N) is 2. The van der Waals surface area contributed by atoms with Crippen LogP contribution >= 0.6 is 0 Å². The molecule has 0 unspecified atom stereocenters. The number of carbonyl (C=O) groups is 2. The molecule has 0 atom stereocenters. The first kappa shape index (κ1) is 19.8. The fraction of sp³-hybridized carbons (Fsp3) is 0.381. The highest BCUT2D eigenvalue weighted by Gasteiger charge is 2.30. The summed E-state index contributed by atoms with van der Waals surface area (Å²) in [5.74, 6) is -0.313. The van der Waals surface area contributed by atoms with Gasteiger partial charge in [0.1, 0.15) is 29.4 Å². The number of aromatic nitrogens is 1. The second kappa shape index (κ2) is 7.58. The lowest BCUT2D eigenvalue weighted by Crippen LogP contribution is -2.42. The van der Waals surface area contributed by atoms with Gasteiger partial charge in [-0.05, 0) is 56.5 Å². The number of ketones is 1. The highest BCUT2D eigenvalue weighted by molar-refractivity contribution is 5.96. The average molecular weight is 386 g/mol. The molecule has 2 aromatic rings. The van der Waals surface area contributed by atoms with Gasteiger partial charge in [-0.15, -0.1) is 0 Å². The topological polar surface area (TPSA) is 68.7 Å². The monoisotopic (exact) mass is 386 g/mol. The van der Waals surface area contributed by atoms with Crippen molar-refractivity contribution in [3.8, 4) is 5.88 Å². The molecule has 3 rings (SSSR count). The molecule has 0 saturated heterocycles. The molecule has 0 aliphatic carbocycles. The maximum atomic E-state index is 13.2. The van der Waals surface area contributed by atoms with Crippen molar-refractivity contribution >= 4 is 17.6 Å². The van der Waals surface area contributed by atoms with Crippen LogP contribution < -0.4 is 9.64 Å². The van der Waals surface area contributed by atoms with Crippen molar-refractivity contribution in [3.05, 3.63) is 53.0 Å². The van der Waals surface area contributed by atoms with Crippen molar-refractivity contribution in [2.45, 2.75) is 39.7 Å². The SMILES string of the molecule is CC(=O)c1nc2c(cc1Cc1ccc(F)cc1)N(C(=O)OC(C)(C)C)CCO2. The standard InChI is InChI=1S/C21H23FN2O4/c1-13(25)18-15(11-14-5-7-16(22)8-6-14)12-17-19(23-18)27-10-9-24(17)20(26)28-21(2,3)4/h5-8,12H,9-11H2,1-4H3. The summed E-state index contributed by atoms with van der Waals surface area (Å²) in [6, 6.07) is 7.77. The van der Waals surface area contributed by atoms with Crippen molar-refractivity contribution in [2.24, 2.45) is 0 Å². The van der Waals surface area contributed by atoms with Gasteiger partial charge in [0.25, 0.3) is 0 Å². The Morgan fingerprint density at radius 3 is 2.54 bits per heavy atom. The number of halogens is 1. The number of benzene rings is 1. The Morgan fingerprint density at radius 1 is 1.25 bits per heavy atom. The summed E-state index contributed by atoms with van der Waals surface area (Å²) < 4.78 is 24.3. The number of anilines is 1. The Hall–Kier alpha value is -2.96. The van der Waals surface area contributed by atoms with Gasteiger partial charge < -0.3 is 9.47 Å². The molecule has 7 heteroatoms. The quantitative estimate of drug-likeness (QED) is 0.742. The van der Waals surface area contributed by atoms with Crippen molar-refractivity contribution < 1.29 is 23.5 Å². The summed E-state index contributed by atoms with van der Waals surface area (Å²) >= 11 is 0. The van der Waals surface area contributed by atoms with Gasteiger partial charge in [0.15, 0.2) is 5.78 Å². The predicted octanol–water partition coefficient (Wildman–Crippen LogP) is 4.15. The third-order valence-corrected chi connectivity index (χ3v) is 4.15. The van der Waals surface area contributed by atoms with E-state index in [9.17, 15) is 14.0 Å². The minimum Gasteiger partial charge on any atom is -0.474 e. The van der Waals surface area contributed by atoms with Gasteiger partial charge in [-0.25, -0.2) is 14.2 Å². The second-order valence-electron chi connectivity index (χ2n) is 7.66. The maximum absolute atomic E-state index is 13.2. The molecule has 0 spiro atoms. The zero-order valence-electron chi connectivity index (χ0n) is 16.4. The maximum Gasteiger partial charge on any atom is 0.415 e. The first-order valence-corrected chi connectivity index (χ1v) is 9.06. The first-order chi connectivity index (χ1) is 13.1. The van der Waals surface area contributed by atoms with E-state index < -0.39 is 11.7 Å². The molecule has 0 N–H and O–H groups in total. The largest absolute Gasteiger partial charge is 0.474 e. The first-order valence-electron chi connectivity index (χ1n) is 9.06. The smallest absolute Gasteiger partial charge is 0.415 e. The van der Waals surface area contributed by atoms with Crippen molar-refractivity contribution in [1.82, 2.24) is 4.98 Å². The van der Waals surface area contributed by atoms with E-state index in [-0.39, 0.29) is 29.8 Å². The number of hydrogen-bond donors (Lipinski definition) is 0. The number of rotatable bonds is 3. The lowest BCUT2D eigenvalue weighted by Gasteiger charge is -2.31. The molecule has 1 amide bonds. The van der Waals surface area contributed by atoms with Crippen LogP contribution in [0.2, 0.25) is 0 Å². The van der Waals surface area contributed by atoms with Gasteiger partial charge in [0, 0.05) is 6.92 Å². The Bertz CT molecular complexity index is 904. The molecule has 2 heterocycles. The molecule has 0 fully saturated rings. The summed E-state index contributed by atoms with van der Waals surface area (Å²) in [5, 5.41) is 0. The summed E-state index contributed by atoms with van der Waals surface area (Å²) in [6.45, 7) is 7.39. The van der Waals surface area contributed by atoms with Crippen molar-refractivity contribution in [3.63, 3.8) is 0 Å². The normalized spacial score (nSPS) is 13.5. The van der Waals surface area contributed by atoms with E-state index in [1.54, 1.807) is 39.0 Å². The van der Waals surface area contributed by atoms with E-state index in [4.69, 9.17) is 9.47 Å². The number of ether oxygens (including phenoxy) is 2. The lowest BCUT2D eigenvalue weighted by atomic mass is 10.0. The molecule has 0 saturated carbocycles. The molecule has 28 heavy (non-hydrogen) atoms. The predicted molar refractivity (Wildman–Crippen MR) is 103 cm³/mol.